The van der Waals surface area contributed by atoms with E-state index >= 15 is 0 Å². The summed E-state index contributed by atoms with van der Waals surface area (Å²) in [6, 6.07) is 13.7. The summed E-state index contributed by atoms with van der Waals surface area (Å²) in [5.74, 6) is 0.939. The Balaban J connectivity index is 1.78. The van der Waals surface area contributed by atoms with Crippen LogP contribution >= 0.6 is 0 Å². The molecule has 144 valence electrons. The molecule has 0 saturated carbocycles. The van der Waals surface area contributed by atoms with Crippen LogP contribution in [0.2, 0.25) is 0 Å². The van der Waals surface area contributed by atoms with Crippen molar-refractivity contribution >= 4 is 23.3 Å². The molecule has 0 spiro atoms. The number of carbonyl (C=O) groups excluding carboxylic acids is 2. The summed E-state index contributed by atoms with van der Waals surface area (Å²) < 4.78 is 0. The summed E-state index contributed by atoms with van der Waals surface area (Å²) in [4.78, 5) is 29.1. The molecular formula is C20H22N6O2. The summed E-state index contributed by atoms with van der Waals surface area (Å²) >= 11 is 0. The first-order valence-corrected chi connectivity index (χ1v) is 8.89. The van der Waals surface area contributed by atoms with E-state index in [2.05, 4.69) is 31.1 Å². The van der Waals surface area contributed by atoms with E-state index in [4.69, 9.17) is 0 Å². The SMILES string of the molecule is Cc1nc(-c2cccc(NC(=O)c3ccccc3NC(=O)NC(C)C)c2)n[nH]1. The van der Waals surface area contributed by atoms with Crippen molar-refractivity contribution in [1.82, 2.24) is 20.5 Å². The minimum absolute atomic E-state index is 0.0111. The van der Waals surface area contributed by atoms with Crippen LogP contribution in [0.15, 0.2) is 48.5 Å². The van der Waals surface area contributed by atoms with Crippen LogP contribution in [0.1, 0.15) is 30.0 Å². The number of urea groups is 1. The molecule has 3 amide bonds. The Labute approximate surface area is 162 Å². The quantitative estimate of drug-likeness (QED) is 0.544. The Hall–Kier alpha value is -3.68. The van der Waals surface area contributed by atoms with E-state index in [1.807, 2.05) is 32.9 Å². The molecule has 8 heteroatoms. The molecule has 0 bridgehead atoms. The average molecular weight is 378 g/mol. The van der Waals surface area contributed by atoms with Crippen molar-refractivity contribution in [3.63, 3.8) is 0 Å². The van der Waals surface area contributed by atoms with Gasteiger partial charge < -0.3 is 16.0 Å². The van der Waals surface area contributed by atoms with Crippen LogP contribution in [0.5, 0.6) is 0 Å². The Kier molecular flexibility index (Phi) is 5.69. The second-order valence-electron chi connectivity index (χ2n) is 6.58. The summed E-state index contributed by atoms with van der Waals surface area (Å²) in [6.07, 6.45) is 0. The number of rotatable bonds is 5. The number of benzene rings is 2. The topological polar surface area (TPSA) is 112 Å². The fourth-order valence-electron chi connectivity index (χ4n) is 2.62. The second-order valence-corrected chi connectivity index (χ2v) is 6.58. The number of aromatic amines is 1. The first-order chi connectivity index (χ1) is 13.4. The number of nitrogens with one attached hydrogen (secondary N) is 4. The maximum Gasteiger partial charge on any atom is 0.319 e. The third-order valence-corrected chi connectivity index (χ3v) is 3.82. The van der Waals surface area contributed by atoms with Gasteiger partial charge in [-0.2, -0.15) is 5.10 Å². The molecule has 4 N–H and O–H groups in total. The maximum absolute atomic E-state index is 12.8. The van der Waals surface area contributed by atoms with Crippen molar-refractivity contribution in [2.75, 3.05) is 10.6 Å². The van der Waals surface area contributed by atoms with Crippen LogP contribution in [0.4, 0.5) is 16.2 Å². The van der Waals surface area contributed by atoms with Gasteiger partial charge in [0.15, 0.2) is 5.82 Å². The fraction of sp³-hybridized carbons (Fsp3) is 0.200. The van der Waals surface area contributed by atoms with Crippen molar-refractivity contribution in [1.29, 1.82) is 0 Å². The lowest BCUT2D eigenvalue weighted by Crippen LogP contribution is -2.34. The molecule has 0 radical (unpaired) electrons. The van der Waals surface area contributed by atoms with Gasteiger partial charge in [-0.3, -0.25) is 9.89 Å². The predicted molar refractivity (Wildman–Crippen MR) is 108 cm³/mol. The van der Waals surface area contributed by atoms with Crippen LogP contribution in [0, 0.1) is 6.92 Å². The highest BCUT2D eigenvalue weighted by molar-refractivity contribution is 6.10. The molecule has 0 saturated heterocycles. The molecule has 1 heterocycles. The molecule has 2 aromatic carbocycles. The van der Waals surface area contributed by atoms with Crippen molar-refractivity contribution in [3.05, 3.63) is 59.9 Å². The van der Waals surface area contributed by atoms with Gasteiger partial charge in [-0.1, -0.05) is 24.3 Å². The zero-order valence-electron chi connectivity index (χ0n) is 15.9. The molecular weight excluding hydrogens is 356 g/mol. The molecule has 3 rings (SSSR count). The number of hydrogen-bond donors (Lipinski definition) is 4. The molecule has 8 nitrogen and oxygen atoms in total. The Morgan fingerprint density at radius 1 is 1.04 bits per heavy atom. The minimum atomic E-state index is -0.364. The number of carbonyl (C=O) groups is 2. The largest absolute Gasteiger partial charge is 0.336 e. The molecule has 0 unspecified atom stereocenters. The van der Waals surface area contributed by atoms with Crippen molar-refractivity contribution in [3.8, 4) is 11.4 Å². The number of hydrogen-bond acceptors (Lipinski definition) is 4. The Bertz CT molecular complexity index is 996. The average Bonchev–Trinajstić information content (AvgIpc) is 3.08. The zero-order chi connectivity index (χ0) is 20.1. The van der Waals surface area contributed by atoms with Crippen molar-refractivity contribution < 1.29 is 9.59 Å². The standard InChI is InChI=1S/C20H22N6O2/c1-12(2)21-20(28)24-17-10-5-4-9-16(17)19(27)23-15-8-6-7-14(11-15)18-22-13(3)25-26-18/h4-12H,1-3H3,(H,23,27)(H2,21,24,28)(H,22,25,26). The highest BCUT2D eigenvalue weighted by Gasteiger charge is 2.14. The van der Waals surface area contributed by atoms with Crippen LogP contribution in [0.3, 0.4) is 0 Å². The lowest BCUT2D eigenvalue weighted by Gasteiger charge is -2.13. The minimum Gasteiger partial charge on any atom is -0.336 e. The van der Waals surface area contributed by atoms with Gasteiger partial charge in [0, 0.05) is 17.3 Å². The lowest BCUT2D eigenvalue weighted by molar-refractivity contribution is 0.102. The van der Waals surface area contributed by atoms with Crippen LogP contribution in [-0.4, -0.2) is 33.2 Å². The van der Waals surface area contributed by atoms with E-state index in [0.29, 0.717) is 28.6 Å². The van der Waals surface area contributed by atoms with Gasteiger partial charge in [0.1, 0.15) is 5.82 Å². The van der Waals surface area contributed by atoms with Gasteiger partial charge in [-0.15, -0.1) is 0 Å². The maximum atomic E-state index is 12.8. The number of anilines is 2. The van der Waals surface area contributed by atoms with Gasteiger partial charge in [0.25, 0.3) is 5.91 Å². The molecule has 28 heavy (non-hydrogen) atoms. The summed E-state index contributed by atoms with van der Waals surface area (Å²) in [6.45, 7) is 5.54. The molecule has 1 aromatic heterocycles. The summed E-state index contributed by atoms with van der Waals surface area (Å²) in [5.41, 5.74) is 2.18. The highest BCUT2D eigenvalue weighted by Crippen LogP contribution is 2.21. The molecule has 0 aliphatic carbocycles. The second kappa shape index (κ2) is 8.34. The Morgan fingerprint density at radius 2 is 1.82 bits per heavy atom. The van der Waals surface area contributed by atoms with Crippen molar-refractivity contribution in [2.45, 2.75) is 26.8 Å². The third kappa shape index (κ3) is 4.73. The first-order valence-electron chi connectivity index (χ1n) is 8.89. The number of para-hydroxylation sites is 1. The van der Waals surface area contributed by atoms with Gasteiger partial charge in [0.2, 0.25) is 0 Å². The molecule has 0 fully saturated rings. The number of aryl methyl sites for hydroxylation is 1. The molecule has 0 atom stereocenters. The Morgan fingerprint density at radius 3 is 2.54 bits per heavy atom. The van der Waals surface area contributed by atoms with E-state index in [0.717, 1.165) is 5.56 Å². The van der Waals surface area contributed by atoms with E-state index < -0.39 is 0 Å². The van der Waals surface area contributed by atoms with Crippen molar-refractivity contribution in [2.24, 2.45) is 0 Å². The third-order valence-electron chi connectivity index (χ3n) is 3.82. The molecule has 0 aliphatic heterocycles. The number of amides is 3. The zero-order valence-corrected chi connectivity index (χ0v) is 15.9. The lowest BCUT2D eigenvalue weighted by atomic mass is 10.1. The fourth-order valence-corrected chi connectivity index (χ4v) is 2.62. The van der Waals surface area contributed by atoms with E-state index in [1.54, 1.807) is 36.4 Å². The van der Waals surface area contributed by atoms with Gasteiger partial charge >= 0.3 is 6.03 Å². The smallest absolute Gasteiger partial charge is 0.319 e. The number of aromatic nitrogens is 3. The monoisotopic (exact) mass is 378 g/mol. The number of H-pyrrole nitrogens is 1. The van der Waals surface area contributed by atoms with E-state index in [9.17, 15) is 9.59 Å². The van der Waals surface area contributed by atoms with Gasteiger partial charge in [-0.05, 0) is 45.0 Å². The first kappa shape index (κ1) is 19.1. The van der Waals surface area contributed by atoms with Gasteiger partial charge in [0.05, 0.1) is 11.3 Å². The van der Waals surface area contributed by atoms with E-state index in [1.165, 1.54) is 0 Å². The van der Waals surface area contributed by atoms with Crippen LogP contribution in [0.25, 0.3) is 11.4 Å². The molecule has 3 aromatic rings. The van der Waals surface area contributed by atoms with E-state index in [-0.39, 0.29) is 18.0 Å². The number of nitrogens with zero attached hydrogens (tertiary/aromatic N) is 2. The normalized spacial score (nSPS) is 10.6. The summed E-state index contributed by atoms with van der Waals surface area (Å²) in [7, 11) is 0. The van der Waals surface area contributed by atoms with Crippen LogP contribution < -0.4 is 16.0 Å². The highest BCUT2D eigenvalue weighted by atomic mass is 16.2. The van der Waals surface area contributed by atoms with Gasteiger partial charge in [-0.25, -0.2) is 9.78 Å². The predicted octanol–water partition coefficient (Wildman–Crippen LogP) is 3.56. The van der Waals surface area contributed by atoms with Crippen LogP contribution in [-0.2, 0) is 0 Å². The molecule has 0 aliphatic rings. The summed E-state index contributed by atoms with van der Waals surface area (Å²) in [5, 5.41) is 15.2.